The summed E-state index contributed by atoms with van der Waals surface area (Å²) in [5.41, 5.74) is 2.35. The van der Waals surface area contributed by atoms with E-state index in [1.807, 2.05) is 26.8 Å². The van der Waals surface area contributed by atoms with Gasteiger partial charge in [-0.05, 0) is 49.1 Å². The highest BCUT2D eigenvalue weighted by molar-refractivity contribution is 7.89. The van der Waals surface area contributed by atoms with Crippen LogP contribution in [0.25, 0.3) is 0 Å². The van der Waals surface area contributed by atoms with E-state index in [4.69, 9.17) is 5.14 Å². The van der Waals surface area contributed by atoms with Crippen molar-refractivity contribution in [1.82, 2.24) is 10.6 Å². The number of hydrogen-bond donors (Lipinski definition) is 3. The summed E-state index contributed by atoms with van der Waals surface area (Å²) in [5.74, 6) is -0.638. The molecule has 29 heavy (non-hydrogen) atoms. The van der Waals surface area contributed by atoms with Gasteiger partial charge in [0.2, 0.25) is 15.9 Å². The average molecular weight is 418 g/mol. The van der Waals surface area contributed by atoms with E-state index in [-0.39, 0.29) is 22.6 Å². The summed E-state index contributed by atoms with van der Waals surface area (Å²) >= 11 is 0. The molecule has 0 aromatic heterocycles. The molecular weight excluding hydrogens is 390 g/mol. The van der Waals surface area contributed by atoms with Gasteiger partial charge in [0.15, 0.2) is 0 Å². The summed E-state index contributed by atoms with van der Waals surface area (Å²) in [6.45, 7) is 6.00. The van der Waals surface area contributed by atoms with Crippen molar-refractivity contribution in [3.05, 3.63) is 65.2 Å². The van der Waals surface area contributed by atoms with Gasteiger partial charge in [0.25, 0.3) is 5.91 Å². The fraction of sp³-hybridized carbons (Fsp3) is 0.333. The van der Waals surface area contributed by atoms with Crippen LogP contribution in [0.5, 0.6) is 0 Å². The molecule has 7 nitrogen and oxygen atoms in total. The standard InChI is InChI=1S/C21H27N3O4S/c1-14(2)19(24-20(25)17-6-4-5-15(3)13-17)21(26)23-12-11-16-7-9-18(10-8-16)29(22,27)28/h4-10,13-14,19H,11-12H2,1-3H3,(H,23,26)(H,24,25)(H2,22,27,28). The fourth-order valence-corrected chi connectivity index (χ4v) is 3.35. The lowest BCUT2D eigenvalue weighted by Gasteiger charge is -2.22. The molecule has 0 bridgehead atoms. The molecule has 2 amide bonds. The summed E-state index contributed by atoms with van der Waals surface area (Å²) in [4.78, 5) is 25.1. The third kappa shape index (κ3) is 6.69. The zero-order chi connectivity index (χ0) is 21.6. The molecule has 2 aromatic rings. The van der Waals surface area contributed by atoms with Crippen LogP contribution in [0, 0.1) is 12.8 Å². The molecule has 0 saturated carbocycles. The number of amides is 2. The van der Waals surface area contributed by atoms with Crippen molar-refractivity contribution in [1.29, 1.82) is 0 Å². The second kappa shape index (κ2) is 9.67. The minimum absolute atomic E-state index is 0.0454. The first-order chi connectivity index (χ1) is 13.6. The molecule has 8 heteroatoms. The first-order valence-electron chi connectivity index (χ1n) is 9.35. The fourth-order valence-electron chi connectivity index (χ4n) is 2.83. The van der Waals surface area contributed by atoms with E-state index in [2.05, 4.69) is 10.6 Å². The predicted octanol–water partition coefficient (Wildman–Crippen LogP) is 1.76. The van der Waals surface area contributed by atoms with Crippen LogP contribution in [-0.4, -0.2) is 32.8 Å². The highest BCUT2D eigenvalue weighted by Gasteiger charge is 2.24. The van der Waals surface area contributed by atoms with Crippen LogP contribution >= 0.6 is 0 Å². The minimum Gasteiger partial charge on any atom is -0.354 e. The van der Waals surface area contributed by atoms with Gasteiger partial charge in [0.05, 0.1) is 4.90 Å². The highest BCUT2D eigenvalue weighted by Crippen LogP contribution is 2.10. The number of nitrogens with one attached hydrogen (secondary N) is 2. The van der Waals surface area contributed by atoms with Crippen molar-refractivity contribution in [2.24, 2.45) is 11.1 Å². The predicted molar refractivity (Wildman–Crippen MR) is 112 cm³/mol. The van der Waals surface area contributed by atoms with Crippen molar-refractivity contribution < 1.29 is 18.0 Å². The van der Waals surface area contributed by atoms with Gasteiger partial charge in [0.1, 0.15) is 6.04 Å². The smallest absolute Gasteiger partial charge is 0.251 e. The van der Waals surface area contributed by atoms with Gasteiger partial charge in [0, 0.05) is 12.1 Å². The lowest BCUT2D eigenvalue weighted by Crippen LogP contribution is -2.50. The summed E-state index contributed by atoms with van der Waals surface area (Å²) in [6, 6.07) is 12.7. The Morgan fingerprint density at radius 2 is 1.72 bits per heavy atom. The lowest BCUT2D eigenvalue weighted by molar-refractivity contribution is -0.123. The van der Waals surface area contributed by atoms with Crippen molar-refractivity contribution >= 4 is 21.8 Å². The van der Waals surface area contributed by atoms with Crippen LogP contribution in [0.2, 0.25) is 0 Å². The third-order valence-corrected chi connectivity index (χ3v) is 5.41. The average Bonchev–Trinajstić information content (AvgIpc) is 2.65. The van der Waals surface area contributed by atoms with Crippen molar-refractivity contribution in [3.8, 4) is 0 Å². The Labute approximate surface area is 171 Å². The molecule has 0 aliphatic rings. The van der Waals surface area contributed by atoms with Gasteiger partial charge < -0.3 is 10.6 Å². The zero-order valence-electron chi connectivity index (χ0n) is 16.8. The topological polar surface area (TPSA) is 118 Å². The first kappa shape index (κ1) is 22.6. The number of hydrogen-bond acceptors (Lipinski definition) is 4. The number of carbonyl (C=O) groups is 2. The van der Waals surface area contributed by atoms with E-state index >= 15 is 0 Å². The van der Waals surface area contributed by atoms with Crippen LogP contribution in [0.15, 0.2) is 53.4 Å². The minimum atomic E-state index is -3.72. The summed E-state index contributed by atoms with van der Waals surface area (Å²) in [7, 11) is -3.72. The first-order valence-corrected chi connectivity index (χ1v) is 10.9. The molecule has 4 N–H and O–H groups in total. The normalized spacial score (nSPS) is 12.4. The molecule has 1 atom stereocenters. The molecule has 0 radical (unpaired) electrons. The molecule has 0 aliphatic carbocycles. The van der Waals surface area contributed by atoms with Crippen LogP contribution < -0.4 is 15.8 Å². The van der Waals surface area contributed by atoms with Gasteiger partial charge in [-0.3, -0.25) is 9.59 Å². The number of sulfonamides is 1. The van der Waals surface area contributed by atoms with Crippen molar-refractivity contribution in [3.63, 3.8) is 0 Å². The number of primary sulfonamides is 1. The molecule has 0 spiro atoms. The van der Waals surface area contributed by atoms with E-state index < -0.39 is 16.1 Å². The number of aryl methyl sites for hydroxylation is 1. The molecular formula is C21H27N3O4S. The molecule has 2 aromatic carbocycles. The number of rotatable bonds is 8. The third-order valence-electron chi connectivity index (χ3n) is 4.48. The molecule has 2 rings (SSSR count). The van der Waals surface area contributed by atoms with E-state index in [9.17, 15) is 18.0 Å². The number of nitrogens with two attached hydrogens (primary N) is 1. The molecule has 0 aliphatic heterocycles. The molecule has 0 saturated heterocycles. The van der Waals surface area contributed by atoms with Crippen LogP contribution in [0.4, 0.5) is 0 Å². The molecule has 0 fully saturated rings. The van der Waals surface area contributed by atoms with Gasteiger partial charge >= 0.3 is 0 Å². The van der Waals surface area contributed by atoms with Gasteiger partial charge in [-0.1, -0.05) is 43.7 Å². The Bertz CT molecular complexity index is 970. The SMILES string of the molecule is Cc1cccc(C(=O)NC(C(=O)NCCc2ccc(S(N)(=O)=O)cc2)C(C)C)c1. The monoisotopic (exact) mass is 417 g/mol. The Balaban J connectivity index is 1.93. The Hall–Kier alpha value is -2.71. The van der Waals surface area contributed by atoms with E-state index in [1.165, 1.54) is 12.1 Å². The van der Waals surface area contributed by atoms with E-state index in [1.54, 1.807) is 30.3 Å². The molecule has 0 heterocycles. The van der Waals surface area contributed by atoms with Gasteiger partial charge in [-0.15, -0.1) is 0 Å². The Morgan fingerprint density at radius 3 is 2.28 bits per heavy atom. The van der Waals surface area contributed by atoms with E-state index in [0.717, 1.165) is 11.1 Å². The van der Waals surface area contributed by atoms with Crippen LogP contribution in [-0.2, 0) is 21.2 Å². The van der Waals surface area contributed by atoms with Crippen molar-refractivity contribution in [2.45, 2.75) is 38.1 Å². The lowest BCUT2D eigenvalue weighted by atomic mass is 10.0. The second-order valence-electron chi connectivity index (χ2n) is 7.29. The Morgan fingerprint density at radius 1 is 1.07 bits per heavy atom. The maximum atomic E-state index is 12.6. The maximum absolute atomic E-state index is 12.6. The zero-order valence-corrected chi connectivity index (χ0v) is 17.6. The number of carbonyl (C=O) groups excluding carboxylic acids is 2. The van der Waals surface area contributed by atoms with Gasteiger partial charge in [-0.2, -0.15) is 0 Å². The molecule has 1 unspecified atom stereocenters. The Kier molecular flexibility index (Phi) is 7.53. The maximum Gasteiger partial charge on any atom is 0.251 e. The highest BCUT2D eigenvalue weighted by atomic mass is 32.2. The number of benzene rings is 2. The largest absolute Gasteiger partial charge is 0.354 e. The molecule has 156 valence electrons. The summed E-state index contributed by atoms with van der Waals surface area (Å²) < 4.78 is 22.6. The summed E-state index contributed by atoms with van der Waals surface area (Å²) in [5, 5.41) is 10.7. The van der Waals surface area contributed by atoms with E-state index in [0.29, 0.717) is 18.5 Å². The van der Waals surface area contributed by atoms with Crippen molar-refractivity contribution in [2.75, 3.05) is 6.54 Å². The van der Waals surface area contributed by atoms with Gasteiger partial charge in [-0.25, -0.2) is 13.6 Å². The van der Waals surface area contributed by atoms with Crippen LogP contribution in [0.1, 0.15) is 35.3 Å². The summed E-state index contributed by atoms with van der Waals surface area (Å²) in [6.07, 6.45) is 0.521. The van der Waals surface area contributed by atoms with Crippen LogP contribution in [0.3, 0.4) is 0 Å². The quantitative estimate of drug-likeness (QED) is 0.606. The second-order valence-corrected chi connectivity index (χ2v) is 8.86.